The van der Waals surface area contributed by atoms with Crippen LogP contribution in [0.3, 0.4) is 0 Å². The first-order chi connectivity index (χ1) is 10.6. The van der Waals surface area contributed by atoms with Crippen LogP contribution in [0.4, 0.5) is 4.79 Å². The lowest BCUT2D eigenvalue weighted by Gasteiger charge is -2.26. The van der Waals surface area contributed by atoms with Crippen LogP contribution in [0.5, 0.6) is 0 Å². The second-order valence-electron chi connectivity index (χ2n) is 4.93. The first-order valence-electron chi connectivity index (χ1n) is 6.82. The molecule has 3 rings (SSSR count). The minimum absolute atomic E-state index is 0.00366. The number of hydrogen-bond acceptors (Lipinski definition) is 5. The Balaban J connectivity index is 1.74. The van der Waals surface area contributed by atoms with Gasteiger partial charge in [0, 0.05) is 31.3 Å². The smallest absolute Gasteiger partial charge is 0.429 e. The van der Waals surface area contributed by atoms with Crippen LogP contribution in [0.15, 0.2) is 46.5 Å². The molecule has 1 fully saturated rings. The fourth-order valence-corrected chi connectivity index (χ4v) is 3.31. The van der Waals surface area contributed by atoms with Crippen LogP contribution >= 0.6 is 0 Å². The topological polar surface area (TPSA) is 88.1 Å². The van der Waals surface area contributed by atoms with Gasteiger partial charge < -0.3 is 10.1 Å². The lowest BCUT2D eigenvalue weighted by molar-refractivity contribution is 0.127. The minimum Gasteiger partial charge on any atom is -0.444 e. The summed E-state index contributed by atoms with van der Waals surface area (Å²) in [4.78, 5) is 12.1. The molecule has 1 aromatic rings. The number of hydrogen-bond donors (Lipinski definition) is 1. The lowest BCUT2D eigenvalue weighted by atomic mass is 10.1. The van der Waals surface area contributed by atoms with Gasteiger partial charge in [0.2, 0.25) is 0 Å². The Labute approximate surface area is 128 Å². The maximum absolute atomic E-state index is 12.1. The van der Waals surface area contributed by atoms with Crippen LogP contribution in [-0.4, -0.2) is 37.6 Å². The number of rotatable bonds is 2. The molecule has 0 radical (unpaired) electrons. The average Bonchev–Trinajstić information content (AvgIpc) is 2.52. The summed E-state index contributed by atoms with van der Waals surface area (Å²) in [5.74, 6) is 0. The van der Waals surface area contributed by atoms with Gasteiger partial charge in [0.25, 0.3) is 0 Å². The van der Waals surface area contributed by atoms with Crippen molar-refractivity contribution in [2.24, 2.45) is 4.40 Å². The zero-order valence-electron chi connectivity index (χ0n) is 11.7. The van der Waals surface area contributed by atoms with E-state index < -0.39 is 16.3 Å². The molecule has 0 aromatic heterocycles. The molecule has 1 aromatic carbocycles. The Kier molecular flexibility index (Phi) is 3.95. The summed E-state index contributed by atoms with van der Waals surface area (Å²) in [7, 11) is -4.05. The van der Waals surface area contributed by atoms with Crippen molar-refractivity contribution in [1.82, 2.24) is 9.62 Å². The molecule has 1 amide bonds. The van der Waals surface area contributed by atoms with E-state index >= 15 is 0 Å². The van der Waals surface area contributed by atoms with Crippen LogP contribution in [0.2, 0.25) is 0 Å². The van der Waals surface area contributed by atoms with E-state index in [4.69, 9.17) is 4.74 Å². The molecule has 8 heteroatoms. The molecule has 0 bridgehead atoms. The van der Waals surface area contributed by atoms with E-state index in [2.05, 4.69) is 9.71 Å². The molecule has 0 spiro atoms. The van der Waals surface area contributed by atoms with Gasteiger partial charge >= 0.3 is 16.3 Å². The van der Waals surface area contributed by atoms with Gasteiger partial charge in [0.15, 0.2) is 0 Å². The minimum atomic E-state index is -4.05. The highest BCUT2D eigenvalue weighted by Crippen LogP contribution is 2.20. The molecule has 0 aliphatic carbocycles. The summed E-state index contributed by atoms with van der Waals surface area (Å²) in [5.41, 5.74) is 1.98. The van der Waals surface area contributed by atoms with Gasteiger partial charge in [-0.2, -0.15) is 12.7 Å². The molecule has 2 heterocycles. The van der Waals surface area contributed by atoms with Gasteiger partial charge in [-0.25, -0.2) is 4.79 Å². The second kappa shape index (κ2) is 5.90. The van der Waals surface area contributed by atoms with Gasteiger partial charge in [-0.05, 0) is 5.56 Å². The molecule has 7 nitrogen and oxygen atoms in total. The van der Waals surface area contributed by atoms with Crippen molar-refractivity contribution in [2.75, 3.05) is 13.1 Å². The van der Waals surface area contributed by atoms with E-state index in [0.717, 1.165) is 5.56 Å². The summed E-state index contributed by atoms with van der Waals surface area (Å²) in [6.07, 6.45) is 0.861. The van der Waals surface area contributed by atoms with Gasteiger partial charge in [-0.1, -0.05) is 30.3 Å². The third kappa shape index (κ3) is 3.02. The number of benzene rings is 1. The number of carbonyl (C=O) groups excluding carboxylic acids is 1. The number of amides is 1. The quantitative estimate of drug-likeness (QED) is 0.884. The van der Waals surface area contributed by atoms with Crippen LogP contribution in [0.25, 0.3) is 0 Å². The van der Waals surface area contributed by atoms with E-state index in [1.54, 1.807) is 12.1 Å². The third-order valence-corrected chi connectivity index (χ3v) is 4.56. The number of ether oxygens (including phenoxy) is 1. The molecule has 0 saturated carbocycles. The normalized spacial score (nSPS) is 19.7. The largest absolute Gasteiger partial charge is 0.444 e. The van der Waals surface area contributed by atoms with Gasteiger partial charge in [0.1, 0.15) is 6.61 Å². The van der Waals surface area contributed by atoms with E-state index in [0.29, 0.717) is 35.1 Å². The number of nitrogens with one attached hydrogen (secondary N) is 1. The van der Waals surface area contributed by atoms with E-state index in [1.165, 1.54) is 6.20 Å². The molecule has 0 atom stereocenters. The van der Waals surface area contributed by atoms with Gasteiger partial charge in [0.05, 0.1) is 5.71 Å². The third-order valence-electron chi connectivity index (χ3n) is 3.36. The maximum Gasteiger partial charge on any atom is 0.429 e. The van der Waals surface area contributed by atoms with Crippen molar-refractivity contribution in [3.05, 3.63) is 47.7 Å². The molecular weight excluding hydrogens is 306 g/mol. The van der Waals surface area contributed by atoms with E-state index in [-0.39, 0.29) is 6.61 Å². The van der Waals surface area contributed by atoms with Crippen molar-refractivity contribution >= 4 is 22.0 Å². The molecule has 116 valence electrons. The molecule has 2 aliphatic heterocycles. The number of nitrogens with zero attached hydrogens (tertiary/aromatic N) is 2. The first kappa shape index (κ1) is 14.7. The summed E-state index contributed by atoms with van der Waals surface area (Å²) in [6.45, 7) is 1.16. The van der Waals surface area contributed by atoms with Crippen molar-refractivity contribution in [3.8, 4) is 0 Å². The first-order valence-corrected chi connectivity index (χ1v) is 8.21. The standard InChI is InChI=1S/C14H15N3O4S/c18-14(21-10-11-4-2-1-3-5-11)17-9-12-8-15-7-6-13(12)16-22(17,19)20/h1-5,9,15H,6-8,10H2. The Hall–Kier alpha value is -2.19. The highest BCUT2D eigenvalue weighted by molar-refractivity contribution is 7.88. The van der Waals surface area contributed by atoms with Gasteiger partial charge in [-0.3, -0.25) is 0 Å². The SMILES string of the molecule is O=C(OCc1ccccc1)N1C=C2CNCCC2=NS1(=O)=O. The number of fused-ring (bicyclic) bond motifs is 1. The predicted molar refractivity (Wildman–Crippen MR) is 80.4 cm³/mol. The van der Waals surface area contributed by atoms with Crippen LogP contribution in [-0.2, 0) is 21.6 Å². The highest BCUT2D eigenvalue weighted by Gasteiger charge is 2.33. The Morgan fingerprint density at radius 1 is 1.32 bits per heavy atom. The summed E-state index contributed by atoms with van der Waals surface area (Å²) in [6, 6.07) is 9.05. The van der Waals surface area contributed by atoms with Crippen LogP contribution < -0.4 is 5.32 Å². The zero-order chi connectivity index (χ0) is 15.6. The van der Waals surface area contributed by atoms with Crippen molar-refractivity contribution < 1.29 is 17.9 Å². The molecule has 22 heavy (non-hydrogen) atoms. The molecule has 0 unspecified atom stereocenters. The number of piperidine rings is 1. The molecule has 1 N–H and O–H groups in total. The second-order valence-corrected chi connectivity index (χ2v) is 6.40. The Morgan fingerprint density at radius 3 is 2.86 bits per heavy atom. The van der Waals surface area contributed by atoms with Crippen molar-refractivity contribution in [3.63, 3.8) is 0 Å². The fourth-order valence-electron chi connectivity index (χ4n) is 2.24. The zero-order valence-corrected chi connectivity index (χ0v) is 12.5. The van der Waals surface area contributed by atoms with E-state index in [1.807, 2.05) is 18.2 Å². The number of carbonyl (C=O) groups is 1. The van der Waals surface area contributed by atoms with Crippen molar-refractivity contribution in [1.29, 1.82) is 0 Å². The lowest BCUT2D eigenvalue weighted by Crippen LogP contribution is -2.40. The van der Waals surface area contributed by atoms with Crippen LogP contribution in [0.1, 0.15) is 12.0 Å². The molecular formula is C14H15N3O4S. The summed E-state index contributed by atoms with van der Waals surface area (Å²) in [5, 5.41) is 3.11. The average molecular weight is 321 g/mol. The van der Waals surface area contributed by atoms with Gasteiger partial charge in [-0.15, -0.1) is 4.40 Å². The predicted octanol–water partition coefficient (Wildman–Crippen LogP) is 1.20. The molecule has 2 aliphatic rings. The Bertz CT molecular complexity index is 741. The fraction of sp³-hybridized carbons (Fsp3) is 0.286. The summed E-state index contributed by atoms with van der Waals surface area (Å²) < 4.78 is 33.4. The van der Waals surface area contributed by atoms with Crippen LogP contribution in [0, 0.1) is 0 Å². The highest BCUT2D eigenvalue weighted by atomic mass is 32.2. The maximum atomic E-state index is 12.1. The monoisotopic (exact) mass is 321 g/mol. The van der Waals surface area contributed by atoms with E-state index in [9.17, 15) is 13.2 Å². The Morgan fingerprint density at radius 2 is 2.09 bits per heavy atom. The van der Waals surface area contributed by atoms with Crippen molar-refractivity contribution in [2.45, 2.75) is 13.0 Å². The summed E-state index contributed by atoms with van der Waals surface area (Å²) >= 11 is 0. The molecule has 1 saturated heterocycles.